The summed E-state index contributed by atoms with van der Waals surface area (Å²) >= 11 is 0. The first kappa shape index (κ1) is 28.0. The Labute approximate surface area is 193 Å². The minimum absolute atomic E-state index is 0.0534. The highest BCUT2D eigenvalue weighted by molar-refractivity contribution is 6.03. The van der Waals surface area contributed by atoms with E-state index in [1.807, 2.05) is 0 Å². The molecule has 0 atom stereocenters. The van der Waals surface area contributed by atoms with Gasteiger partial charge in [-0.05, 0) is 35.4 Å². The van der Waals surface area contributed by atoms with Gasteiger partial charge in [-0.25, -0.2) is 19.2 Å². The van der Waals surface area contributed by atoms with Gasteiger partial charge in [-0.3, -0.25) is 0 Å². The van der Waals surface area contributed by atoms with Crippen LogP contribution in [0.2, 0.25) is 0 Å². The summed E-state index contributed by atoms with van der Waals surface area (Å²) in [5.74, 6) is -15.6. The molecular weight excluding hydrogens is 520 g/mol. The van der Waals surface area contributed by atoms with Crippen molar-refractivity contribution in [1.82, 2.24) is 0 Å². The van der Waals surface area contributed by atoms with Crippen molar-refractivity contribution >= 4 is 23.9 Å². The van der Waals surface area contributed by atoms with Crippen LogP contribution >= 0.6 is 0 Å². The molecule has 0 aromatic heterocycles. The highest BCUT2D eigenvalue weighted by Gasteiger charge is 2.80. The molecule has 0 aliphatic heterocycles. The topological polar surface area (TPSA) is 149 Å². The van der Waals surface area contributed by atoms with Crippen molar-refractivity contribution in [1.29, 1.82) is 0 Å². The molecule has 0 unspecified atom stereocenters. The first-order valence-electron chi connectivity index (χ1n) is 8.95. The number of rotatable bonds is 7. The van der Waals surface area contributed by atoms with Crippen LogP contribution in [-0.2, 0) is 5.41 Å². The number of benzene rings is 2. The van der Waals surface area contributed by atoms with E-state index in [0.717, 1.165) is 0 Å². The number of aromatic carboxylic acids is 4. The highest BCUT2D eigenvalue weighted by atomic mass is 19.4. The van der Waals surface area contributed by atoms with Crippen molar-refractivity contribution in [2.24, 2.45) is 0 Å². The average molecular weight is 530 g/mol. The summed E-state index contributed by atoms with van der Waals surface area (Å²) in [6, 6.07) is -0.867. The van der Waals surface area contributed by atoms with E-state index in [1.165, 1.54) is 0 Å². The molecule has 0 aliphatic rings. The number of alkyl halides is 8. The van der Waals surface area contributed by atoms with Gasteiger partial charge in [0.05, 0.1) is 22.3 Å². The second-order valence-corrected chi connectivity index (χ2v) is 7.06. The first-order chi connectivity index (χ1) is 16.2. The van der Waals surface area contributed by atoms with Gasteiger partial charge in [0.2, 0.25) is 0 Å². The zero-order valence-electron chi connectivity index (χ0n) is 16.9. The number of carbonyl (C=O) groups is 4. The molecular formula is C20H10F8O8. The van der Waals surface area contributed by atoms with Gasteiger partial charge in [-0.2, -0.15) is 35.1 Å². The number of carboxylic acid groups (broad SMARTS) is 4. The highest BCUT2D eigenvalue weighted by Crippen LogP contribution is 2.60. The molecule has 0 fully saturated rings. The first-order valence-corrected chi connectivity index (χ1v) is 8.95. The molecule has 2 aromatic carbocycles. The Morgan fingerprint density at radius 1 is 0.500 bits per heavy atom. The van der Waals surface area contributed by atoms with Crippen molar-refractivity contribution < 1.29 is 74.7 Å². The van der Waals surface area contributed by atoms with Crippen molar-refractivity contribution in [2.45, 2.75) is 23.7 Å². The van der Waals surface area contributed by atoms with Gasteiger partial charge >= 0.3 is 42.2 Å². The molecule has 0 bridgehead atoms. The van der Waals surface area contributed by atoms with Crippen LogP contribution in [0.25, 0.3) is 0 Å². The zero-order chi connectivity index (χ0) is 28.0. The lowest BCUT2D eigenvalue weighted by molar-refractivity contribution is -0.348. The van der Waals surface area contributed by atoms with Crippen molar-refractivity contribution in [3.05, 3.63) is 69.8 Å². The standard InChI is InChI=1S/C20H10F8O8/c21-18(22,20(26,27)28)17(19(23,24)25,7-1-3-9(13(29)30)11(5-7)15(33)34)8-2-4-10(14(31)32)12(6-8)16(35)36/h1-6H,(H,29,30)(H,31,32)(H,33,34)(H,35,36). The minimum Gasteiger partial charge on any atom is -0.478 e. The quantitative estimate of drug-likeness (QED) is 0.382. The normalized spacial score (nSPS) is 12.8. The summed E-state index contributed by atoms with van der Waals surface area (Å²) in [4.78, 5) is 45.2. The lowest BCUT2D eigenvalue weighted by Crippen LogP contribution is -2.63. The molecule has 0 saturated carbocycles. The Balaban J connectivity index is 3.25. The lowest BCUT2D eigenvalue weighted by atomic mass is 9.67. The SMILES string of the molecule is O=C(O)c1ccc(C(c2ccc(C(=O)O)c(C(=O)O)c2)(C(F)(F)F)C(F)(F)C(F)(F)F)cc1C(=O)O. The molecule has 36 heavy (non-hydrogen) atoms. The van der Waals surface area contributed by atoms with Crippen LogP contribution in [0.15, 0.2) is 36.4 Å². The minimum atomic E-state index is -6.99. The zero-order valence-corrected chi connectivity index (χ0v) is 16.9. The average Bonchev–Trinajstić information content (AvgIpc) is 2.71. The number of halogens is 8. The fraction of sp³-hybridized carbons (Fsp3) is 0.200. The maximum Gasteiger partial charge on any atom is 0.454 e. The molecule has 8 nitrogen and oxygen atoms in total. The molecule has 2 rings (SSSR count). The van der Waals surface area contributed by atoms with E-state index in [4.69, 9.17) is 20.4 Å². The molecule has 16 heteroatoms. The molecule has 194 valence electrons. The summed E-state index contributed by atoms with van der Waals surface area (Å²) in [5, 5.41) is 36.4. The third-order valence-electron chi connectivity index (χ3n) is 5.08. The van der Waals surface area contributed by atoms with Crippen LogP contribution in [-0.4, -0.2) is 62.6 Å². The third-order valence-corrected chi connectivity index (χ3v) is 5.08. The predicted molar refractivity (Wildman–Crippen MR) is 98.6 cm³/mol. The molecule has 0 heterocycles. The summed E-state index contributed by atoms with van der Waals surface area (Å²) in [7, 11) is 0. The van der Waals surface area contributed by atoms with Crippen LogP contribution < -0.4 is 0 Å². The van der Waals surface area contributed by atoms with Crippen LogP contribution in [0.3, 0.4) is 0 Å². The molecule has 2 aromatic rings. The maximum atomic E-state index is 14.9. The van der Waals surface area contributed by atoms with E-state index < -0.39 is 80.9 Å². The van der Waals surface area contributed by atoms with Gasteiger partial charge in [0.1, 0.15) is 0 Å². The lowest BCUT2D eigenvalue weighted by Gasteiger charge is -2.43. The van der Waals surface area contributed by atoms with Gasteiger partial charge in [0.25, 0.3) is 0 Å². The van der Waals surface area contributed by atoms with Gasteiger partial charge in [0, 0.05) is 0 Å². The molecule has 0 spiro atoms. The fourth-order valence-corrected chi connectivity index (χ4v) is 3.53. The molecule has 0 saturated heterocycles. The van der Waals surface area contributed by atoms with Gasteiger partial charge in [-0.1, -0.05) is 12.1 Å². The van der Waals surface area contributed by atoms with E-state index in [2.05, 4.69) is 0 Å². The third kappa shape index (κ3) is 4.18. The Kier molecular flexibility index (Phi) is 6.82. The van der Waals surface area contributed by atoms with Crippen molar-refractivity contribution in [3.63, 3.8) is 0 Å². The smallest absolute Gasteiger partial charge is 0.454 e. The summed E-state index contributed by atoms with van der Waals surface area (Å²) < 4.78 is 114. The molecule has 4 N–H and O–H groups in total. The van der Waals surface area contributed by atoms with Crippen LogP contribution in [0, 0.1) is 0 Å². The van der Waals surface area contributed by atoms with E-state index in [1.54, 1.807) is 0 Å². The molecule has 0 aliphatic carbocycles. The van der Waals surface area contributed by atoms with Crippen LogP contribution in [0.4, 0.5) is 35.1 Å². The second-order valence-electron chi connectivity index (χ2n) is 7.06. The van der Waals surface area contributed by atoms with Crippen LogP contribution in [0.5, 0.6) is 0 Å². The molecule has 0 amide bonds. The monoisotopic (exact) mass is 530 g/mol. The van der Waals surface area contributed by atoms with Gasteiger partial charge in [-0.15, -0.1) is 0 Å². The Morgan fingerprint density at radius 3 is 1.03 bits per heavy atom. The van der Waals surface area contributed by atoms with E-state index in [9.17, 15) is 54.3 Å². The van der Waals surface area contributed by atoms with Crippen molar-refractivity contribution in [3.8, 4) is 0 Å². The second kappa shape index (κ2) is 8.76. The van der Waals surface area contributed by atoms with E-state index in [-0.39, 0.29) is 36.4 Å². The predicted octanol–water partition coefficient (Wildman–Crippen LogP) is 4.53. The Bertz CT molecular complexity index is 1190. The fourth-order valence-electron chi connectivity index (χ4n) is 3.53. The van der Waals surface area contributed by atoms with Gasteiger partial charge in [0.15, 0.2) is 5.41 Å². The van der Waals surface area contributed by atoms with E-state index >= 15 is 0 Å². The van der Waals surface area contributed by atoms with Crippen molar-refractivity contribution in [2.75, 3.05) is 0 Å². The maximum absolute atomic E-state index is 14.9. The Morgan fingerprint density at radius 2 is 0.806 bits per heavy atom. The Hall–Kier alpha value is -4.24. The molecule has 0 radical (unpaired) electrons. The van der Waals surface area contributed by atoms with Gasteiger partial charge < -0.3 is 20.4 Å². The largest absolute Gasteiger partial charge is 0.478 e. The number of hydrogen-bond acceptors (Lipinski definition) is 4. The summed E-state index contributed by atoms with van der Waals surface area (Å²) in [5.41, 5.74) is -15.5. The summed E-state index contributed by atoms with van der Waals surface area (Å²) in [6.45, 7) is 0. The van der Waals surface area contributed by atoms with E-state index in [0.29, 0.717) is 0 Å². The summed E-state index contributed by atoms with van der Waals surface area (Å²) in [6.07, 6.45) is -13.7. The number of hydrogen-bond donors (Lipinski definition) is 4. The number of carboxylic acids is 4. The van der Waals surface area contributed by atoms with Crippen LogP contribution in [0.1, 0.15) is 52.6 Å².